The maximum Gasteiger partial charge on any atom is 0.258 e. The van der Waals surface area contributed by atoms with Gasteiger partial charge < -0.3 is 10.2 Å². The Morgan fingerprint density at radius 1 is 1.15 bits per heavy atom. The van der Waals surface area contributed by atoms with E-state index in [0.717, 1.165) is 12.2 Å². The number of benzene rings is 2. The van der Waals surface area contributed by atoms with E-state index in [1.165, 1.54) is 31.0 Å². The zero-order valence-electron chi connectivity index (χ0n) is 15.0. The van der Waals surface area contributed by atoms with Gasteiger partial charge in [0, 0.05) is 29.0 Å². The molecule has 1 heterocycles. The summed E-state index contributed by atoms with van der Waals surface area (Å²) >= 11 is 17.1. The highest BCUT2D eigenvalue weighted by molar-refractivity contribution is 7.80. The quantitative estimate of drug-likeness (QED) is 0.642. The van der Waals surface area contributed by atoms with E-state index < -0.39 is 0 Å². The van der Waals surface area contributed by atoms with E-state index in [0.29, 0.717) is 16.6 Å². The minimum atomic E-state index is -0.382. The van der Waals surface area contributed by atoms with Crippen LogP contribution in [0.2, 0.25) is 10.0 Å². The van der Waals surface area contributed by atoms with Crippen LogP contribution in [0.1, 0.15) is 36.5 Å². The number of carbonyl (C=O) groups excluding carboxylic acids is 1. The Kier molecular flexibility index (Phi) is 6.58. The van der Waals surface area contributed by atoms with E-state index in [1.54, 1.807) is 12.1 Å². The molecule has 4 nitrogen and oxygen atoms in total. The highest BCUT2D eigenvalue weighted by atomic mass is 35.5. The second kappa shape index (κ2) is 8.91. The molecule has 1 atom stereocenters. The first kappa shape index (κ1) is 19.9. The van der Waals surface area contributed by atoms with E-state index in [1.807, 2.05) is 12.1 Å². The molecule has 0 unspecified atom stereocenters. The van der Waals surface area contributed by atoms with Crippen LogP contribution < -0.4 is 15.5 Å². The lowest BCUT2D eigenvalue weighted by Gasteiger charge is -2.35. The molecular formula is C20H21Cl2N3OS. The van der Waals surface area contributed by atoms with Crippen molar-refractivity contribution in [3.8, 4) is 0 Å². The summed E-state index contributed by atoms with van der Waals surface area (Å²) < 4.78 is 0. The number of rotatable bonds is 3. The minimum absolute atomic E-state index is 0.213. The van der Waals surface area contributed by atoms with Gasteiger partial charge in [-0.1, -0.05) is 23.2 Å². The standard InChI is InChI=1S/C20H21Cl2N3OS/c1-13-4-2-3-11-25(13)16-8-6-15(7-9-16)23-20(27)24-19(26)17-10-5-14(21)12-18(17)22/h5-10,12-13H,2-4,11H2,1H3,(H2,23,24,26,27)/t13-/m1/s1. The van der Waals surface area contributed by atoms with Crippen LogP contribution in [0.4, 0.5) is 11.4 Å². The Bertz CT molecular complexity index is 842. The molecule has 0 saturated carbocycles. The molecule has 27 heavy (non-hydrogen) atoms. The van der Waals surface area contributed by atoms with Crippen molar-refractivity contribution in [3.63, 3.8) is 0 Å². The summed E-state index contributed by atoms with van der Waals surface area (Å²) in [5.74, 6) is -0.382. The van der Waals surface area contributed by atoms with Crippen LogP contribution in [0.5, 0.6) is 0 Å². The third kappa shape index (κ3) is 5.12. The molecule has 3 rings (SSSR count). The topological polar surface area (TPSA) is 44.4 Å². The maximum absolute atomic E-state index is 12.3. The van der Waals surface area contributed by atoms with Crippen LogP contribution in [-0.2, 0) is 0 Å². The normalized spacial score (nSPS) is 16.7. The summed E-state index contributed by atoms with van der Waals surface area (Å²) in [6.07, 6.45) is 3.75. The lowest BCUT2D eigenvalue weighted by molar-refractivity contribution is 0.0978. The van der Waals surface area contributed by atoms with Crippen molar-refractivity contribution in [2.24, 2.45) is 0 Å². The average Bonchev–Trinajstić information content (AvgIpc) is 2.62. The number of thiocarbonyl (C=S) groups is 1. The van der Waals surface area contributed by atoms with Gasteiger partial charge in [0.25, 0.3) is 5.91 Å². The highest BCUT2D eigenvalue weighted by Gasteiger charge is 2.18. The predicted molar refractivity (Wildman–Crippen MR) is 117 cm³/mol. The van der Waals surface area contributed by atoms with Gasteiger partial charge in [0.15, 0.2) is 5.11 Å². The first-order valence-corrected chi connectivity index (χ1v) is 10.0. The van der Waals surface area contributed by atoms with Gasteiger partial charge in [-0.05, 0) is 80.9 Å². The van der Waals surface area contributed by atoms with E-state index in [-0.39, 0.29) is 16.0 Å². The molecule has 1 amide bonds. The molecular weight excluding hydrogens is 401 g/mol. The van der Waals surface area contributed by atoms with E-state index >= 15 is 0 Å². The summed E-state index contributed by atoms with van der Waals surface area (Å²) in [6.45, 7) is 3.35. The molecule has 7 heteroatoms. The van der Waals surface area contributed by atoms with Gasteiger partial charge in [0.2, 0.25) is 0 Å². The summed E-state index contributed by atoms with van der Waals surface area (Å²) in [5.41, 5.74) is 2.34. The van der Waals surface area contributed by atoms with Crippen molar-refractivity contribution in [1.82, 2.24) is 5.32 Å². The highest BCUT2D eigenvalue weighted by Crippen LogP contribution is 2.26. The molecule has 0 aromatic heterocycles. The number of nitrogens with zero attached hydrogens (tertiary/aromatic N) is 1. The van der Waals surface area contributed by atoms with Crippen molar-refractivity contribution < 1.29 is 4.79 Å². The second-order valence-corrected chi connectivity index (χ2v) is 7.87. The SMILES string of the molecule is C[C@@H]1CCCCN1c1ccc(NC(=S)NC(=O)c2ccc(Cl)cc2Cl)cc1. The number of halogens is 2. The van der Waals surface area contributed by atoms with Crippen LogP contribution >= 0.6 is 35.4 Å². The van der Waals surface area contributed by atoms with Gasteiger partial charge in [-0.2, -0.15) is 0 Å². The molecule has 0 aliphatic carbocycles. The average molecular weight is 422 g/mol. The van der Waals surface area contributed by atoms with E-state index in [4.69, 9.17) is 35.4 Å². The number of carbonyl (C=O) groups is 1. The van der Waals surface area contributed by atoms with Gasteiger partial charge in [0.05, 0.1) is 10.6 Å². The zero-order chi connectivity index (χ0) is 19.4. The summed E-state index contributed by atoms with van der Waals surface area (Å²) in [4.78, 5) is 14.7. The molecule has 142 valence electrons. The van der Waals surface area contributed by atoms with Gasteiger partial charge >= 0.3 is 0 Å². The molecule has 2 N–H and O–H groups in total. The van der Waals surface area contributed by atoms with Crippen molar-refractivity contribution in [1.29, 1.82) is 0 Å². The fourth-order valence-corrected chi connectivity index (χ4v) is 3.93. The summed E-state index contributed by atoms with van der Waals surface area (Å²) in [6, 6.07) is 13.3. The number of hydrogen-bond acceptors (Lipinski definition) is 3. The van der Waals surface area contributed by atoms with Crippen LogP contribution in [0.25, 0.3) is 0 Å². The number of anilines is 2. The fraction of sp³-hybridized carbons (Fsp3) is 0.300. The first-order chi connectivity index (χ1) is 12.9. The van der Waals surface area contributed by atoms with Crippen LogP contribution in [-0.4, -0.2) is 23.6 Å². The molecule has 2 aromatic rings. The minimum Gasteiger partial charge on any atom is -0.369 e. The molecule has 1 saturated heterocycles. The molecule has 2 aromatic carbocycles. The Morgan fingerprint density at radius 2 is 1.89 bits per heavy atom. The molecule has 1 fully saturated rings. The number of hydrogen-bond donors (Lipinski definition) is 2. The second-order valence-electron chi connectivity index (χ2n) is 6.62. The number of amides is 1. The van der Waals surface area contributed by atoms with Gasteiger partial charge in [0.1, 0.15) is 0 Å². The maximum atomic E-state index is 12.3. The predicted octanol–water partition coefficient (Wildman–Crippen LogP) is 5.50. The fourth-order valence-electron chi connectivity index (χ4n) is 3.22. The molecule has 0 spiro atoms. The lowest BCUT2D eigenvalue weighted by atomic mass is 10.0. The first-order valence-electron chi connectivity index (χ1n) is 8.88. The van der Waals surface area contributed by atoms with Gasteiger partial charge in [-0.25, -0.2) is 0 Å². The Hall–Kier alpha value is -1.82. The molecule has 0 bridgehead atoms. The van der Waals surface area contributed by atoms with Crippen molar-refractivity contribution in [2.45, 2.75) is 32.2 Å². The van der Waals surface area contributed by atoms with Crippen LogP contribution in [0, 0.1) is 0 Å². The van der Waals surface area contributed by atoms with Crippen molar-refractivity contribution >= 4 is 57.8 Å². The van der Waals surface area contributed by atoms with Crippen molar-refractivity contribution in [3.05, 3.63) is 58.1 Å². The number of nitrogens with one attached hydrogen (secondary N) is 2. The van der Waals surface area contributed by atoms with Crippen molar-refractivity contribution in [2.75, 3.05) is 16.8 Å². The van der Waals surface area contributed by atoms with E-state index in [9.17, 15) is 4.79 Å². The largest absolute Gasteiger partial charge is 0.369 e. The molecule has 1 aliphatic heterocycles. The zero-order valence-corrected chi connectivity index (χ0v) is 17.3. The van der Waals surface area contributed by atoms with Gasteiger partial charge in [-0.15, -0.1) is 0 Å². The summed E-state index contributed by atoms with van der Waals surface area (Å²) in [5, 5.41) is 6.63. The third-order valence-corrected chi connectivity index (χ3v) is 5.41. The number of piperidine rings is 1. The third-order valence-electron chi connectivity index (χ3n) is 4.66. The monoisotopic (exact) mass is 421 g/mol. The van der Waals surface area contributed by atoms with Crippen LogP contribution in [0.15, 0.2) is 42.5 Å². The van der Waals surface area contributed by atoms with Crippen LogP contribution in [0.3, 0.4) is 0 Å². The molecule has 1 aliphatic rings. The summed E-state index contributed by atoms with van der Waals surface area (Å²) in [7, 11) is 0. The Labute approximate surface area is 174 Å². The Morgan fingerprint density at radius 3 is 2.56 bits per heavy atom. The van der Waals surface area contributed by atoms with E-state index in [2.05, 4.69) is 34.6 Å². The van der Waals surface area contributed by atoms with Gasteiger partial charge in [-0.3, -0.25) is 10.1 Å². The smallest absolute Gasteiger partial charge is 0.258 e. The Balaban J connectivity index is 1.60. The molecule has 0 radical (unpaired) electrons. The lowest BCUT2D eigenvalue weighted by Crippen LogP contribution is -2.37.